The van der Waals surface area contributed by atoms with Crippen LogP contribution in [-0.2, 0) is 6.18 Å². The molecule has 0 aliphatic heterocycles. The molecule has 0 spiro atoms. The van der Waals surface area contributed by atoms with Crippen LogP contribution in [-0.4, -0.2) is 15.9 Å². The van der Waals surface area contributed by atoms with E-state index in [2.05, 4.69) is 20.6 Å². The number of hydrogen-bond donors (Lipinski definition) is 2. The number of halogens is 4. The summed E-state index contributed by atoms with van der Waals surface area (Å²) in [4.78, 5) is 20.1. The van der Waals surface area contributed by atoms with E-state index in [0.717, 1.165) is 24.3 Å². The highest BCUT2D eigenvalue weighted by atomic mass is 19.4. The molecule has 0 fully saturated rings. The van der Waals surface area contributed by atoms with E-state index in [9.17, 15) is 22.4 Å². The van der Waals surface area contributed by atoms with Gasteiger partial charge < -0.3 is 10.6 Å². The molecule has 0 atom stereocenters. The van der Waals surface area contributed by atoms with Gasteiger partial charge in [0.15, 0.2) is 0 Å². The fraction of sp³-hybridized carbons (Fsp3) is 0.0556. The first-order valence-electron chi connectivity index (χ1n) is 7.64. The van der Waals surface area contributed by atoms with E-state index in [1.54, 1.807) is 0 Å². The van der Waals surface area contributed by atoms with Crippen molar-refractivity contribution in [2.75, 3.05) is 10.6 Å². The zero-order valence-corrected chi connectivity index (χ0v) is 13.6. The molecule has 0 bridgehead atoms. The van der Waals surface area contributed by atoms with Crippen LogP contribution in [0.25, 0.3) is 0 Å². The minimum Gasteiger partial charge on any atom is -0.324 e. The predicted octanol–water partition coefficient (Wildman–Crippen LogP) is 4.63. The molecule has 3 aromatic rings. The third kappa shape index (κ3) is 4.78. The Labute approximate surface area is 151 Å². The predicted molar refractivity (Wildman–Crippen MR) is 91.1 cm³/mol. The molecule has 1 amide bonds. The van der Waals surface area contributed by atoms with Crippen LogP contribution in [0, 0.1) is 5.82 Å². The van der Waals surface area contributed by atoms with Gasteiger partial charge in [0.05, 0.1) is 11.1 Å². The first-order chi connectivity index (χ1) is 12.8. The number of alkyl halides is 3. The van der Waals surface area contributed by atoms with Gasteiger partial charge in [-0.15, -0.1) is 0 Å². The fourth-order valence-corrected chi connectivity index (χ4v) is 2.12. The SMILES string of the molecule is O=C(Nc1ccc(C(F)(F)F)cc1)c1cnc(Nc2ccc(F)cc2)nc1. The van der Waals surface area contributed by atoms with E-state index in [1.807, 2.05) is 0 Å². The molecule has 3 rings (SSSR count). The van der Waals surface area contributed by atoms with Crippen LogP contribution in [0.5, 0.6) is 0 Å². The first kappa shape index (κ1) is 18.3. The number of carbonyl (C=O) groups is 1. The maximum absolute atomic E-state index is 12.9. The average molecular weight is 376 g/mol. The van der Waals surface area contributed by atoms with Gasteiger partial charge in [0.25, 0.3) is 5.91 Å². The van der Waals surface area contributed by atoms with Gasteiger partial charge >= 0.3 is 6.18 Å². The van der Waals surface area contributed by atoms with E-state index in [1.165, 1.54) is 36.7 Å². The van der Waals surface area contributed by atoms with Crippen molar-refractivity contribution in [3.8, 4) is 0 Å². The maximum Gasteiger partial charge on any atom is 0.416 e. The highest BCUT2D eigenvalue weighted by molar-refractivity contribution is 6.03. The summed E-state index contributed by atoms with van der Waals surface area (Å²) in [5.74, 6) is -0.743. The van der Waals surface area contributed by atoms with Crippen LogP contribution in [0.15, 0.2) is 60.9 Å². The Kier molecular flexibility index (Phi) is 5.02. The van der Waals surface area contributed by atoms with Gasteiger partial charge in [0.2, 0.25) is 5.95 Å². The summed E-state index contributed by atoms with van der Waals surface area (Å²) in [6, 6.07) is 9.62. The number of rotatable bonds is 4. The number of carbonyl (C=O) groups excluding carboxylic acids is 1. The molecule has 138 valence electrons. The maximum atomic E-state index is 12.9. The molecule has 0 saturated carbocycles. The summed E-state index contributed by atoms with van der Waals surface area (Å²) in [5.41, 5.74) is 0.0967. The Morgan fingerprint density at radius 2 is 1.41 bits per heavy atom. The monoisotopic (exact) mass is 376 g/mol. The lowest BCUT2D eigenvalue weighted by atomic mass is 10.2. The molecule has 0 saturated heterocycles. The summed E-state index contributed by atoms with van der Waals surface area (Å²) in [6.45, 7) is 0. The fourth-order valence-electron chi connectivity index (χ4n) is 2.12. The Balaban J connectivity index is 1.64. The van der Waals surface area contributed by atoms with Gasteiger partial charge in [-0.25, -0.2) is 14.4 Å². The second-order valence-electron chi connectivity index (χ2n) is 5.46. The molecular weight excluding hydrogens is 364 g/mol. The number of aromatic nitrogens is 2. The normalized spacial score (nSPS) is 11.1. The van der Waals surface area contributed by atoms with Gasteiger partial charge in [0, 0.05) is 23.8 Å². The number of benzene rings is 2. The van der Waals surface area contributed by atoms with Gasteiger partial charge in [0.1, 0.15) is 5.82 Å². The molecule has 2 N–H and O–H groups in total. The van der Waals surface area contributed by atoms with Crippen molar-refractivity contribution in [2.45, 2.75) is 6.18 Å². The van der Waals surface area contributed by atoms with E-state index in [0.29, 0.717) is 5.69 Å². The summed E-state index contributed by atoms with van der Waals surface area (Å²) >= 11 is 0. The molecule has 0 aliphatic rings. The molecule has 0 radical (unpaired) electrons. The quantitative estimate of drug-likeness (QED) is 0.652. The van der Waals surface area contributed by atoms with Gasteiger partial charge in [-0.05, 0) is 48.5 Å². The van der Waals surface area contributed by atoms with Crippen molar-refractivity contribution < 1.29 is 22.4 Å². The Morgan fingerprint density at radius 1 is 0.852 bits per heavy atom. The van der Waals surface area contributed by atoms with E-state index >= 15 is 0 Å². The van der Waals surface area contributed by atoms with Crippen LogP contribution < -0.4 is 10.6 Å². The van der Waals surface area contributed by atoms with Crippen LogP contribution in [0.2, 0.25) is 0 Å². The lowest BCUT2D eigenvalue weighted by molar-refractivity contribution is -0.137. The Hall–Kier alpha value is -3.49. The standard InChI is InChI=1S/C18H12F4N4O/c19-13-3-7-15(8-4-13)26-17-23-9-11(10-24-17)16(27)25-14-5-1-12(2-6-14)18(20,21)22/h1-10H,(H,25,27)(H,23,24,26). The zero-order valence-electron chi connectivity index (χ0n) is 13.6. The summed E-state index contributed by atoms with van der Waals surface area (Å²) in [6.07, 6.45) is -1.92. The minimum atomic E-state index is -4.44. The largest absolute Gasteiger partial charge is 0.416 e. The number of anilines is 3. The lowest BCUT2D eigenvalue weighted by Crippen LogP contribution is -2.13. The molecular formula is C18H12F4N4O. The number of amides is 1. The molecule has 0 unspecified atom stereocenters. The second kappa shape index (κ2) is 7.40. The van der Waals surface area contributed by atoms with Crippen molar-refractivity contribution in [1.29, 1.82) is 0 Å². The van der Waals surface area contributed by atoms with E-state index in [-0.39, 0.29) is 23.0 Å². The lowest BCUT2D eigenvalue weighted by Gasteiger charge is -2.09. The zero-order chi connectivity index (χ0) is 19.4. The van der Waals surface area contributed by atoms with Crippen molar-refractivity contribution in [2.24, 2.45) is 0 Å². The van der Waals surface area contributed by atoms with Crippen LogP contribution in [0.4, 0.5) is 34.9 Å². The van der Waals surface area contributed by atoms with Gasteiger partial charge in [-0.1, -0.05) is 0 Å². The molecule has 1 aromatic heterocycles. The highest BCUT2D eigenvalue weighted by Crippen LogP contribution is 2.29. The van der Waals surface area contributed by atoms with Crippen molar-refractivity contribution in [1.82, 2.24) is 9.97 Å². The molecule has 1 heterocycles. The Morgan fingerprint density at radius 3 is 1.96 bits per heavy atom. The van der Waals surface area contributed by atoms with Crippen LogP contribution in [0.3, 0.4) is 0 Å². The van der Waals surface area contributed by atoms with Crippen molar-refractivity contribution >= 4 is 23.2 Å². The second-order valence-corrected chi connectivity index (χ2v) is 5.46. The third-order valence-electron chi connectivity index (χ3n) is 3.48. The topological polar surface area (TPSA) is 66.9 Å². The van der Waals surface area contributed by atoms with Crippen molar-refractivity contribution in [3.63, 3.8) is 0 Å². The molecule has 27 heavy (non-hydrogen) atoms. The van der Waals surface area contributed by atoms with Gasteiger partial charge in [-0.3, -0.25) is 4.79 Å². The smallest absolute Gasteiger partial charge is 0.324 e. The third-order valence-corrected chi connectivity index (χ3v) is 3.48. The van der Waals surface area contributed by atoms with Crippen molar-refractivity contribution in [3.05, 3.63) is 77.9 Å². The molecule has 0 aliphatic carbocycles. The number of nitrogens with one attached hydrogen (secondary N) is 2. The minimum absolute atomic E-state index is 0.125. The van der Waals surface area contributed by atoms with E-state index < -0.39 is 17.6 Å². The number of hydrogen-bond acceptors (Lipinski definition) is 4. The number of nitrogens with zero attached hydrogens (tertiary/aromatic N) is 2. The highest BCUT2D eigenvalue weighted by Gasteiger charge is 2.30. The van der Waals surface area contributed by atoms with Crippen LogP contribution in [0.1, 0.15) is 15.9 Å². The van der Waals surface area contributed by atoms with E-state index in [4.69, 9.17) is 0 Å². The summed E-state index contributed by atoms with van der Waals surface area (Å²) in [5, 5.41) is 5.30. The molecule has 9 heteroatoms. The molecule has 2 aromatic carbocycles. The average Bonchev–Trinajstić information content (AvgIpc) is 2.64. The van der Waals surface area contributed by atoms with Crippen LogP contribution >= 0.6 is 0 Å². The summed E-state index contributed by atoms with van der Waals surface area (Å²) < 4.78 is 50.5. The summed E-state index contributed by atoms with van der Waals surface area (Å²) in [7, 11) is 0. The Bertz CT molecular complexity index is 924. The first-order valence-corrected chi connectivity index (χ1v) is 7.64. The van der Waals surface area contributed by atoms with Gasteiger partial charge in [-0.2, -0.15) is 13.2 Å². The molecule has 5 nitrogen and oxygen atoms in total.